The number of rotatable bonds is 6. The fourth-order valence-electron chi connectivity index (χ4n) is 2.76. The van der Waals surface area contributed by atoms with Gasteiger partial charge in [-0.05, 0) is 48.5 Å². The minimum atomic E-state index is -3.69. The zero-order valence-electron chi connectivity index (χ0n) is 15.9. The summed E-state index contributed by atoms with van der Waals surface area (Å²) in [5, 5.41) is 5.71. The SMILES string of the molecule is O=C(Nc1nc(-c2ccc(Cl)cc2)cs1)c1ccc(NS(=O)(=O)c2ccccc2)cc1. The maximum absolute atomic E-state index is 12.5. The van der Waals surface area contributed by atoms with Gasteiger partial charge in [-0.2, -0.15) is 0 Å². The second kappa shape index (κ2) is 8.89. The van der Waals surface area contributed by atoms with Gasteiger partial charge in [-0.1, -0.05) is 41.9 Å². The smallest absolute Gasteiger partial charge is 0.261 e. The number of benzene rings is 3. The Hall–Kier alpha value is -3.20. The molecule has 0 aliphatic heterocycles. The number of sulfonamides is 1. The molecule has 0 fully saturated rings. The first-order valence-corrected chi connectivity index (χ1v) is 11.9. The molecule has 0 saturated heterocycles. The molecule has 0 aliphatic rings. The number of hydrogen-bond acceptors (Lipinski definition) is 5. The first-order chi connectivity index (χ1) is 14.9. The Kier molecular flexibility index (Phi) is 6.03. The molecule has 0 bridgehead atoms. The van der Waals surface area contributed by atoms with Gasteiger partial charge in [0.1, 0.15) is 0 Å². The van der Waals surface area contributed by atoms with Gasteiger partial charge in [0.25, 0.3) is 15.9 Å². The maximum Gasteiger partial charge on any atom is 0.261 e. The summed E-state index contributed by atoms with van der Waals surface area (Å²) in [7, 11) is -3.69. The van der Waals surface area contributed by atoms with Crippen LogP contribution in [-0.4, -0.2) is 19.3 Å². The van der Waals surface area contributed by atoms with Crippen LogP contribution in [0.3, 0.4) is 0 Å². The van der Waals surface area contributed by atoms with Gasteiger partial charge in [0.2, 0.25) is 0 Å². The van der Waals surface area contributed by atoms with Crippen molar-refractivity contribution >= 4 is 49.7 Å². The van der Waals surface area contributed by atoms with E-state index in [0.29, 0.717) is 21.4 Å². The fraction of sp³-hybridized carbons (Fsp3) is 0. The first kappa shape index (κ1) is 21.0. The molecule has 9 heteroatoms. The molecule has 1 heterocycles. The summed E-state index contributed by atoms with van der Waals surface area (Å²) in [4.78, 5) is 17.1. The Morgan fingerprint density at radius 1 is 0.903 bits per heavy atom. The third kappa shape index (κ3) is 5.11. The third-order valence-corrected chi connectivity index (χ3v) is 6.72. The molecule has 4 rings (SSSR count). The lowest BCUT2D eigenvalue weighted by atomic mass is 10.2. The summed E-state index contributed by atoms with van der Waals surface area (Å²) in [6, 6.07) is 21.5. The molecule has 0 spiro atoms. The lowest BCUT2D eigenvalue weighted by molar-refractivity contribution is 0.102. The second-order valence-electron chi connectivity index (χ2n) is 6.49. The number of carbonyl (C=O) groups excluding carboxylic acids is 1. The van der Waals surface area contributed by atoms with E-state index in [-0.39, 0.29) is 10.8 Å². The summed E-state index contributed by atoms with van der Waals surface area (Å²) in [6.45, 7) is 0. The maximum atomic E-state index is 12.5. The van der Waals surface area contributed by atoms with Gasteiger partial charge in [-0.3, -0.25) is 14.8 Å². The first-order valence-electron chi connectivity index (χ1n) is 9.11. The Balaban J connectivity index is 1.42. The van der Waals surface area contributed by atoms with Crippen LogP contribution in [0.25, 0.3) is 11.3 Å². The Morgan fingerprint density at radius 2 is 1.58 bits per heavy atom. The largest absolute Gasteiger partial charge is 0.298 e. The summed E-state index contributed by atoms with van der Waals surface area (Å²) < 4.78 is 27.3. The molecule has 0 radical (unpaired) electrons. The van der Waals surface area contributed by atoms with E-state index in [0.717, 1.165) is 11.3 Å². The molecule has 0 atom stereocenters. The predicted molar refractivity (Wildman–Crippen MR) is 124 cm³/mol. The van der Waals surface area contributed by atoms with Crippen molar-refractivity contribution in [3.63, 3.8) is 0 Å². The van der Waals surface area contributed by atoms with Gasteiger partial charge in [0, 0.05) is 27.2 Å². The van der Waals surface area contributed by atoms with E-state index in [1.807, 2.05) is 17.5 Å². The number of nitrogens with zero attached hydrogens (tertiary/aromatic N) is 1. The van der Waals surface area contributed by atoms with E-state index in [2.05, 4.69) is 15.0 Å². The van der Waals surface area contributed by atoms with Crippen molar-refractivity contribution in [3.05, 3.63) is 94.8 Å². The topological polar surface area (TPSA) is 88.2 Å². The minimum Gasteiger partial charge on any atom is -0.298 e. The molecule has 1 aromatic heterocycles. The van der Waals surface area contributed by atoms with Gasteiger partial charge >= 0.3 is 0 Å². The van der Waals surface area contributed by atoms with Crippen LogP contribution in [0.4, 0.5) is 10.8 Å². The molecule has 4 aromatic rings. The molecular weight excluding hydrogens is 454 g/mol. The van der Waals surface area contributed by atoms with E-state index in [4.69, 9.17) is 11.6 Å². The van der Waals surface area contributed by atoms with Crippen LogP contribution in [0.2, 0.25) is 5.02 Å². The van der Waals surface area contributed by atoms with Gasteiger partial charge in [-0.15, -0.1) is 11.3 Å². The van der Waals surface area contributed by atoms with E-state index >= 15 is 0 Å². The van der Waals surface area contributed by atoms with Crippen LogP contribution in [0.5, 0.6) is 0 Å². The van der Waals surface area contributed by atoms with Crippen molar-refractivity contribution in [3.8, 4) is 11.3 Å². The molecular formula is C22H16ClN3O3S2. The highest BCUT2D eigenvalue weighted by Gasteiger charge is 2.14. The number of halogens is 1. The molecule has 2 N–H and O–H groups in total. The molecule has 31 heavy (non-hydrogen) atoms. The fourth-order valence-corrected chi connectivity index (χ4v) is 4.68. The summed E-state index contributed by atoms with van der Waals surface area (Å²) in [5.41, 5.74) is 2.38. The van der Waals surface area contributed by atoms with Crippen molar-refractivity contribution in [2.45, 2.75) is 4.90 Å². The predicted octanol–water partition coefficient (Wildman–Crippen LogP) is 5.52. The van der Waals surface area contributed by atoms with Crippen LogP contribution in [0.1, 0.15) is 10.4 Å². The average Bonchev–Trinajstić information content (AvgIpc) is 3.23. The number of carbonyl (C=O) groups is 1. The van der Waals surface area contributed by atoms with Gasteiger partial charge in [-0.25, -0.2) is 13.4 Å². The standard InChI is InChI=1S/C22H16ClN3O3S2/c23-17-10-6-15(7-11-17)20-14-30-22(24-20)25-21(27)16-8-12-18(13-9-16)26-31(28,29)19-4-2-1-3-5-19/h1-14,26H,(H,24,25,27). The van der Waals surface area contributed by atoms with Crippen molar-refractivity contribution in [1.82, 2.24) is 4.98 Å². The zero-order valence-corrected chi connectivity index (χ0v) is 18.3. The van der Waals surface area contributed by atoms with Gasteiger partial charge in [0.05, 0.1) is 10.6 Å². The van der Waals surface area contributed by atoms with Crippen molar-refractivity contribution < 1.29 is 13.2 Å². The Morgan fingerprint density at radius 3 is 2.26 bits per heavy atom. The molecule has 6 nitrogen and oxygen atoms in total. The average molecular weight is 470 g/mol. The quantitative estimate of drug-likeness (QED) is 0.389. The molecule has 1 amide bonds. The van der Waals surface area contributed by atoms with Crippen molar-refractivity contribution in [1.29, 1.82) is 0 Å². The van der Waals surface area contributed by atoms with Crippen molar-refractivity contribution in [2.75, 3.05) is 10.0 Å². The normalized spacial score (nSPS) is 11.1. The van der Waals surface area contributed by atoms with Crippen LogP contribution < -0.4 is 10.0 Å². The molecule has 0 unspecified atom stereocenters. The molecule has 3 aromatic carbocycles. The van der Waals surface area contributed by atoms with E-state index in [1.165, 1.54) is 35.6 Å². The molecule has 0 saturated carbocycles. The minimum absolute atomic E-state index is 0.164. The molecule has 156 valence electrons. The van der Waals surface area contributed by atoms with Crippen LogP contribution >= 0.6 is 22.9 Å². The third-order valence-electron chi connectivity index (χ3n) is 4.32. The van der Waals surface area contributed by atoms with Crippen LogP contribution in [0.15, 0.2) is 89.1 Å². The lowest BCUT2D eigenvalue weighted by Gasteiger charge is -2.08. The van der Waals surface area contributed by atoms with Crippen LogP contribution in [0, 0.1) is 0 Å². The van der Waals surface area contributed by atoms with E-state index in [9.17, 15) is 13.2 Å². The summed E-state index contributed by atoms with van der Waals surface area (Å²) in [6.07, 6.45) is 0. The highest BCUT2D eigenvalue weighted by atomic mass is 35.5. The number of thiazole rings is 1. The highest BCUT2D eigenvalue weighted by molar-refractivity contribution is 7.92. The number of hydrogen-bond donors (Lipinski definition) is 2. The zero-order chi connectivity index (χ0) is 21.8. The highest BCUT2D eigenvalue weighted by Crippen LogP contribution is 2.26. The van der Waals surface area contributed by atoms with E-state index in [1.54, 1.807) is 42.5 Å². The number of aromatic nitrogens is 1. The Labute approximate surface area is 188 Å². The van der Waals surface area contributed by atoms with Gasteiger partial charge < -0.3 is 0 Å². The number of anilines is 2. The van der Waals surface area contributed by atoms with Crippen molar-refractivity contribution in [2.24, 2.45) is 0 Å². The lowest BCUT2D eigenvalue weighted by Crippen LogP contribution is -2.14. The monoisotopic (exact) mass is 469 g/mol. The van der Waals surface area contributed by atoms with E-state index < -0.39 is 10.0 Å². The summed E-state index contributed by atoms with van der Waals surface area (Å²) >= 11 is 7.22. The summed E-state index contributed by atoms with van der Waals surface area (Å²) in [5.74, 6) is -0.338. The van der Waals surface area contributed by atoms with Gasteiger partial charge in [0.15, 0.2) is 5.13 Å². The Bertz CT molecular complexity index is 1300. The number of amides is 1. The van der Waals surface area contributed by atoms with Crippen LogP contribution in [-0.2, 0) is 10.0 Å². The molecule has 0 aliphatic carbocycles. The number of nitrogens with one attached hydrogen (secondary N) is 2. The second-order valence-corrected chi connectivity index (χ2v) is 9.47.